The fourth-order valence-corrected chi connectivity index (χ4v) is 1.85. The second-order valence-corrected chi connectivity index (χ2v) is 4.23. The van der Waals surface area contributed by atoms with Crippen molar-refractivity contribution in [2.24, 2.45) is 0 Å². The Morgan fingerprint density at radius 1 is 1.25 bits per heavy atom. The predicted molar refractivity (Wildman–Crippen MR) is 73.1 cm³/mol. The smallest absolute Gasteiger partial charge is 0.231 e. The first-order valence-electron chi connectivity index (χ1n) is 6.43. The Labute approximate surface area is 116 Å². The first kappa shape index (κ1) is 12.5. The van der Waals surface area contributed by atoms with Crippen LogP contribution in [0.4, 0.5) is 5.95 Å². The van der Waals surface area contributed by atoms with Gasteiger partial charge < -0.3 is 19.5 Å². The number of hydrogen-bond acceptors (Lipinski definition) is 6. The van der Waals surface area contributed by atoms with Crippen LogP contribution in [-0.2, 0) is 6.61 Å². The highest BCUT2D eigenvalue weighted by Crippen LogP contribution is 2.32. The maximum Gasteiger partial charge on any atom is 0.231 e. The van der Waals surface area contributed by atoms with Crippen LogP contribution in [0.2, 0.25) is 0 Å². The molecule has 1 aromatic heterocycles. The molecular weight excluding hydrogens is 258 g/mol. The van der Waals surface area contributed by atoms with Gasteiger partial charge in [-0.2, -0.15) is 4.98 Å². The third-order valence-corrected chi connectivity index (χ3v) is 2.79. The van der Waals surface area contributed by atoms with Crippen LogP contribution in [0, 0.1) is 0 Å². The summed E-state index contributed by atoms with van der Waals surface area (Å²) in [6.45, 7) is 3.45. The van der Waals surface area contributed by atoms with Crippen LogP contribution in [0.15, 0.2) is 30.5 Å². The summed E-state index contributed by atoms with van der Waals surface area (Å²) in [7, 11) is 0. The van der Waals surface area contributed by atoms with Crippen molar-refractivity contribution in [2.75, 3.05) is 18.7 Å². The fraction of sp³-hybridized carbons (Fsp3) is 0.286. The number of ether oxygens (including phenoxy) is 3. The zero-order valence-corrected chi connectivity index (χ0v) is 11.1. The first-order valence-corrected chi connectivity index (χ1v) is 6.43. The molecule has 0 saturated heterocycles. The molecule has 0 saturated carbocycles. The van der Waals surface area contributed by atoms with Crippen molar-refractivity contribution >= 4 is 5.95 Å². The molecule has 3 rings (SSSR count). The van der Waals surface area contributed by atoms with Crippen molar-refractivity contribution in [3.05, 3.63) is 36.0 Å². The van der Waals surface area contributed by atoms with Gasteiger partial charge in [0.25, 0.3) is 0 Å². The molecule has 1 aliphatic rings. The fourth-order valence-electron chi connectivity index (χ4n) is 1.85. The monoisotopic (exact) mass is 273 g/mol. The van der Waals surface area contributed by atoms with Gasteiger partial charge in [-0.3, -0.25) is 0 Å². The number of anilines is 1. The maximum absolute atomic E-state index is 5.65. The van der Waals surface area contributed by atoms with Crippen LogP contribution in [0.25, 0.3) is 0 Å². The highest BCUT2D eigenvalue weighted by atomic mass is 16.7. The molecule has 1 aliphatic heterocycles. The number of nitrogens with zero attached hydrogens (tertiary/aromatic N) is 2. The molecule has 6 heteroatoms. The second-order valence-electron chi connectivity index (χ2n) is 4.23. The highest BCUT2D eigenvalue weighted by Gasteiger charge is 2.13. The van der Waals surface area contributed by atoms with Gasteiger partial charge in [0.05, 0.1) is 0 Å². The maximum atomic E-state index is 5.65. The number of hydrogen-bond donors (Lipinski definition) is 1. The SMILES string of the molecule is CCNc1nccc(OCc2ccc3c(c2)OCO3)n1. The third-order valence-electron chi connectivity index (χ3n) is 2.79. The molecule has 104 valence electrons. The molecule has 2 heterocycles. The van der Waals surface area contributed by atoms with E-state index in [-0.39, 0.29) is 6.79 Å². The number of rotatable bonds is 5. The van der Waals surface area contributed by atoms with Gasteiger partial charge in [0.1, 0.15) is 6.61 Å². The van der Waals surface area contributed by atoms with E-state index >= 15 is 0 Å². The molecule has 1 N–H and O–H groups in total. The summed E-state index contributed by atoms with van der Waals surface area (Å²) in [5.74, 6) is 2.62. The zero-order chi connectivity index (χ0) is 13.8. The lowest BCUT2D eigenvalue weighted by Crippen LogP contribution is -2.04. The number of nitrogens with one attached hydrogen (secondary N) is 1. The van der Waals surface area contributed by atoms with Crippen LogP contribution in [-0.4, -0.2) is 23.3 Å². The quantitative estimate of drug-likeness (QED) is 0.901. The van der Waals surface area contributed by atoms with Gasteiger partial charge in [-0.1, -0.05) is 6.07 Å². The molecule has 0 amide bonds. The van der Waals surface area contributed by atoms with Gasteiger partial charge in [-0.25, -0.2) is 4.98 Å². The van der Waals surface area contributed by atoms with E-state index in [1.54, 1.807) is 12.3 Å². The Bertz CT molecular complexity index is 604. The molecule has 0 radical (unpaired) electrons. The average Bonchev–Trinajstić information content (AvgIpc) is 2.93. The molecule has 1 aromatic carbocycles. The van der Waals surface area contributed by atoms with Gasteiger partial charge >= 0.3 is 0 Å². The van der Waals surface area contributed by atoms with E-state index in [2.05, 4.69) is 15.3 Å². The van der Waals surface area contributed by atoms with E-state index in [0.29, 0.717) is 18.4 Å². The summed E-state index contributed by atoms with van der Waals surface area (Å²) in [5.41, 5.74) is 0.998. The molecule has 0 atom stereocenters. The van der Waals surface area contributed by atoms with Crippen LogP contribution in [0.5, 0.6) is 17.4 Å². The molecular formula is C14H15N3O3. The number of aromatic nitrogens is 2. The van der Waals surface area contributed by atoms with Gasteiger partial charge in [0.15, 0.2) is 11.5 Å². The molecule has 0 fully saturated rings. The molecule has 20 heavy (non-hydrogen) atoms. The lowest BCUT2D eigenvalue weighted by molar-refractivity contribution is 0.174. The standard InChI is InChI=1S/C14H15N3O3/c1-2-15-14-16-6-5-13(17-14)18-8-10-3-4-11-12(7-10)20-9-19-11/h3-7H,2,8-9H2,1H3,(H,15,16,17). The second kappa shape index (κ2) is 5.64. The Morgan fingerprint density at radius 2 is 2.15 bits per heavy atom. The van der Waals surface area contributed by atoms with Crippen molar-refractivity contribution in [1.82, 2.24) is 9.97 Å². The number of benzene rings is 1. The minimum Gasteiger partial charge on any atom is -0.473 e. The lowest BCUT2D eigenvalue weighted by Gasteiger charge is -2.07. The Morgan fingerprint density at radius 3 is 3.05 bits per heavy atom. The third kappa shape index (κ3) is 2.74. The average molecular weight is 273 g/mol. The van der Waals surface area contributed by atoms with E-state index in [9.17, 15) is 0 Å². The lowest BCUT2D eigenvalue weighted by atomic mass is 10.2. The zero-order valence-electron chi connectivity index (χ0n) is 11.1. The molecule has 0 aliphatic carbocycles. The normalized spacial score (nSPS) is 12.2. The van der Waals surface area contributed by atoms with Crippen molar-refractivity contribution in [3.63, 3.8) is 0 Å². The van der Waals surface area contributed by atoms with Crippen molar-refractivity contribution in [3.8, 4) is 17.4 Å². The minimum atomic E-state index is 0.275. The molecule has 0 unspecified atom stereocenters. The minimum absolute atomic E-state index is 0.275. The van der Waals surface area contributed by atoms with Gasteiger partial charge in [-0.15, -0.1) is 0 Å². The largest absolute Gasteiger partial charge is 0.473 e. The summed E-state index contributed by atoms with van der Waals surface area (Å²) < 4.78 is 16.2. The summed E-state index contributed by atoms with van der Waals surface area (Å²) in [4.78, 5) is 8.34. The topological polar surface area (TPSA) is 65.5 Å². The van der Waals surface area contributed by atoms with Crippen LogP contribution >= 0.6 is 0 Å². The molecule has 0 spiro atoms. The van der Waals surface area contributed by atoms with Gasteiger partial charge in [0, 0.05) is 18.8 Å². The summed E-state index contributed by atoms with van der Waals surface area (Å²) in [6, 6.07) is 7.47. The highest BCUT2D eigenvalue weighted by molar-refractivity contribution is 5.44. The molecule has 2 aromatic rings. The molecule has 0 bridgehead atoms. The van der Waals surface area contributed by atoms with E-state index in [1.807, 2.05) is 25.1 Å². The van der Waals surface area contributed by atoms with Gasteiger partial charge in [0.2, 0.25) is 18.6 Å². The first-order chi connectivity index (χ1) is 9.85. The molecule has 6 nitrogen and oxygen atoms in total. The van der Waals surface area contributed by atoms with Crippen LogP contribution in [0.3, 0.4) is 0 Å². The summed E-state index contributed by atoms with van der Waals surface area (Å²) >= 11 is 0. The van der Waals surface area contributed by atoms with Crippen molar-refractivity contribution < 1.29 is 14.2 Å². The van der Waals surface area contributed by atoms with E-state index < -0.39 is 0 Å². The summed E-state index contributed by atoms with van der Waals surface area (Å²) in [6.07, 6.45) is 1.67. The number of fused-ring (bicyclic) bond motifs is 1. The van der Waals surface area contributed by atoms with E-state index in [4.69, 9.17) is 14.2 Å². The van der Waals surface area contributed by atoms with Gasteiger partial charge in [-0.05, 0) is 24.6 Å². The Balaban J connectivity index is 1.65. The van der Waals surface area contributed by atoms with Crippen LogP contribution in [0.1, 0.15) is 12.5 Å². The Kier molecular flexibility index (Phi) is 3.54. The van der Waals surface area contributed by atoms with Crippen molar-refractivity contribution in [2.45, 2.75) is 13.5 Å². The van der Waals surface area contributed by atoms with E-state index in [0.717, 1.165) is 23.6 Å². The van der Waals surface area contributed by atoms with Crippen molar-refractivity contribution in [1.29, 1.82) is 0 Å². The predicted octanol–water partition coefficient (Wildman–Crippen LogP) is 2.22. The van der Waals surface area contributed by atoms with Crippen LogP contribution < -0.4 is 19.5 Å². The summed E-state index contributed by atoms with van der Waals surface area (Å²) in [5, 5.41) is 3.04. The van der Waals surface area contributed by atoms with E-state index in [1.165, 1.54) is 0 Å². The Hall–Kier alpha value is -2.50.